The van der Waals surface area contributed by atoms with Gasteiger partial charge in [-0.05, 0) is 29.7 Å². The topological polar surface area (TPSA) is 52.3 Å². The molecule has 3 aromatic heterocycles. The number of rotatable bonds is 4. The molecule has 1 aromatic carbocycles. The number of aromatic nitrogens is 4. The Morgan fingerprint density at radius 3 is 2.83 bits per heavy atom. The van der Waals surface area contributed by atoms with Crippen molar-refractivity contribution in [3.8, 4) is 16.5 Å². The van der Waals surface area contributed by atoms with Crippen LogP contribution in [0.5, 0.6) is 5.75 Å². The molecular formula is C16H12N4OS2. The molecule has 0 saturated carbocycles. The van der Waals surface area contributed by atoms with E-state index in [0.29, 0.717) is 0 Å². The van der Waals surface area contributed by atoms with Crippen molar-refractivity contribution >= 4 is 39.8 Å². The monoisotopic (exact) mass is 340 g/mol. The van der Waals surface area contributed by atoms with E-state index in [0.717, 1.165) is 32.0 Å². The van der Waals surface area contributed by atoms with Gasteiger partial charge in [-0.25, -0.2) is 0 Å². The van der Waals surface area contributed by atoms with Crippen molar-refractivity contribution in [3.05, 3.63) is 52.3 Å². The average Bonchev–Trinajstić information content (AvgIpc) is 3.29. The van der Waals surface area contributed by atoms with E-state index in [4.69, 9.17) is 4.74 Å². The molecule has 0 atom stereocenters. The Morgan fingerprint density at radius 1 is 1.09 bits per heavy atom. The van der Waals surface area contributed by atoms with Gasteiger partial charge in [-0.15, -0.1) is 21.5 Å². The molecule has 0 aliphatic heterocycles. The van der Waals surface area contributed by atoms with Gasteiger partial charge in [0.2, 0.25) is 4.96 Å². The van der Waals surface area contributed by atoms with Crippen LogP contribution in [0.3, 0.4) is 0 Å². The summed E-state index contributed by atoms with van der Waals surface area (Å²) in [7, 11) is 1.67. The van der Waals surface area contributed by atoms with Gasteiger partial charge in [-0.1, -0.05) is 35.6 Å². The molecule has 5 nitrogen and oxygen atoms in total. The summed E-state index contributed by atoms with van der Waals surface area (Å²) < 4.78 is 7.14. The van der Waals surface area contributed by atoms with Gasteiger partial charge in [0.25, 0.3) is 0 Å². The first kappa shape index (κ1) is 14.1. The second-order valence-corrected chi connectivity index (χ2v) is 6.65. The fraction of sp³-hybridized carbons (Fsp3) is 0.0625. The Hall–Kier alpha value is -2.51. The van der Waals surface area contributed by atoms with Gasteiger partial charge in [-0.3, -0.25) is 0 Å². The predicted octanol–water partition coefficient (Wildman–Crippen LogP) is 4.09. The van der Waals surface area contributed by atoms with Crippen LogP contribution in [0.15, 0.2) is 41.8 Å². The first-order valence-corrected chi connectivity index (χ1v) is 8.62. The van der Waals surface area contributed by atoms with Crippen LogP contribution in [-0.2, 0) is 0 Å². The van der Waals surface area contributed by atoms with Gasteiger partial charge in [-0.2, -0.15) is 9.61 Å². The highest BCUT2D eigenvalue weighted by molar-refractivity contribution is 7.17. The molecule has 0 amide bonds. The lowest BCUT2D eigenvalue weighted by atomic mass is 10.2. The summed E-state index contributed by atoms with van der Waals surface area (Å²) in [6.07, 6.45) is 3.96. The zero-order valence-corrected chi connectivity index (χ0v) is 13.8. The van der Waals surface area contributed by atoms with Crippen LogP contribution in [0.4, 0.5) is 0 Å². The van der Waals surface area contributed by atoms with E-state index in [1.165, 1.54) is 11.3 Å². The van der Waals surface area contributed by atoms with E-state index in [1.54, 1.807) is 23.0 Å². The third kappa shape index (κ3) is 2.64. The van der Waals surface area contributed by atoms with Crippen LogP contribution in [-0.4, -0.2) is 26.9 Å². The number of thiophene rings is 1. The maximum absolute atomic E-state index is 5.35. The van der Waals surface area contributed by atoms with Gasteiger partial charge < -0.3 is 4.74 Å². The van der Waals surface area contributed by atoms with Crippen molar-refractivity contribution in [2.45, 2.75) is 0 Å². The lowest BCUT2D eigenvalue weighted by Crippen LogP contribution is -1.88. The van der Waals surface area contributed by atoms with Crippen molar-refractivity contribution in [1.29, 1.82) is 0 Å². The molecule has 4 aromatic rings. The third-order valence-electron chi connectivity index (χ3n) is 3.29. The smallest absolute Gasteiger partial charge is 0.235 e. The predicted molar refractivity (Wildman–Crippen MR) is 93.9 cm³/mol. The van der Waals surface area contributed by atoms with E-state index >= 15 is 0 Å². The average molecular weight is 340 g/mol. The molecule has 114 valence electrons. The molecule has 0 radical (unpaired) electrons. The first-order chi connectivity index (χ1) is 11.3. The summed E-state index contributed by atoms with van der Waals surface area (Å²) in [6, 6.07) is 11.9. The fourth-order valence-corrected chi connectivity index (χ4v) is 3.66. The van der Waals surface area contributed by atoms with Crippen molar-refractivity contribution in [2.75, 3.05) is 7.11 Å². The molecule has 0 bridgehead atoms. The van der Waals surface area contributed by atoms with Crippen LogP contribution in [0.25, 0.3) is 27.8 Å². The van der Waals surface area contributed by atoms with Crippen LogP contribution < -0.4 is 4.74 Å². The molecular weight excluding hydrogens is 328 g/mol. The summed E-state index contributed by atoms with van der Waals surface area (Å²) in [5.41, 5.74) is 1.01. The zero-order valence-electron chi connectivity index (χ0n) is 12.2. The minimum absolute atomic E-state index is 0.781. The second kappa shape index (κ2) is 5.94. The maximum Gasteiger partial charge on any atom is 0.235 e. The fourth-order valence-electron chi connectivity index (χ4n) is 2.22. The summed E-state index contributed by atoms with van der Waals surface area (Å²) in [4.78, 5) is 1.84. The van der Waals surface area contributed by atoms with Gasteiger partial charge in [0.05, 0.1) is 12.0 Å². The van der Waals surface area contributed by atoms with Gasteiger partial charge in [0.15, 0.2) is 5.82 Å². The first-order valence-electron chi connectivity index (χ1n) is 6.92. The number of hydrogen-bond donors (Lipinski definition) is 0. The largest absolute Gasteiger partial charge is 0.496 e. The number of para-hydroxylation sites is 1. The quantitative estimate of drug-likeness (QED) is 0.561. The van der Waals surface area contributed by atoms with E-state index in [-0.39, 0.29) is 0 Å². The SMILES string of the molecule is COc1ccccc1/C=C\c1nn2c(-c3cccs3)nnc2s1. The van der Waals surface area contributed by atoms with E-state index < -0.39 is 0 Å². The zero-order chi connectivity index (χ0) is 15.6. The van der Waals surface area contributed by atoms with Crippen molar-refractivity contribution in [1.82, 2.24) is 19.8 Å². The summed E-state index contributed by atoms with van der Waals surface area (Å²) in [5, 5.41) is 15.9. The molecule has 0 spiro atoms. The highest BCUT2D eigenvalue weighted by Crippen LogP contribution is 2.26. The molecule has 0 saturated heterocycles. The van der Waals surface area contributed by atoms with Gasteiger partial charge in [0.1, 0.15) is 10.8 Å². The Balaban J connectivity index is 1.69. The van der Waals surface area contributed by atoms with Gasteiger partial charge >= 0.3 is 0 Å². The normalized spacial score (nSPS) is 11.5. The van der Waals surface area contributed by atoms with Crippen LogP contribution >= 0.6 is 22.7 Å². The minimum atomic E-state index is 0.781. The number of fused-ring (bicyclic) bond motifs is 1. The molecule has 3 heterocycles. The molecule has 4 rings (SSSR count). The highest BCUT2D eigenvalue weighted by atomic mass is 32.1. The summed E-state index contributed by atoms with van der Waals surface area (Å²) in [5.74, 6) is 1.62. The van der Waals surface area contributed by atoms with Crippen LogP contribution in [0.1, 0.15) is 10.6 Å². The molecule has 0 fully saturated rings. The highest BCUT2D eigenvalue weighted by Gasteiger charge is 2.12. The van der Waals surface area contributed by atoms with Crippen LogP contribution in [0.2, 0.25) is 0 Å². The van der Waals surface area contributed by atoms with E-state index in [1.807, 2.05) is 53.9 Å². The molecule has 7 heteroatoms. The van der Waals surface area contributed by atoms with Crippen molar-refractivity contribution in [2.24, 2.45) is 0 Å². The van der Waals surface area contributed by atoms with E-state index in [9.17, 15) is 0 Å². The van der Waals surface area contributed by atoms with Crippen LogP contribution in [0, 0.1) is 0 Å². The maximum atomic E-state index is 5.35. The number of methoxy groups -OCH3 is 1. The Bertz CT molecular complexity index is 969. The van der Waals surface area contributed by atoms with Crippen molar-refractivity contribution in [3.63, 3.8) is 0 Å². The second-order valence-electron chi connectivity index (χ2n) is 4.71. The van der Waals surface area contributed by atoms with E-state index in [2.05, 4.69) is 15.3 Å². The summed E-state index contributed by atoms with van der Waals surface area (Å²) >= 11 is 3.13. The lowest BCUT2D eigenvalue weighted by Gasteiger charge is -2.02. The molecule has 0 N–H and O–H groups in total. The van der Waals surface area contributed by atoms with Gasteiger partial charge in [0, 0.05) is 5.56 Å². The third-order valence-corrected chi connectivity index (χ3v) is 5.02. The minimum Gasteiger partial charge on any atom is -0.496 e. The number of hydrogen-bond acceptors (Lipinski definition) is 6. The molecule has 23 heavy (non-hydrogen) atoms. The van der Waals surface area contributed by atoms with Crippen molar-refractivity contribution < 1.29 is 4.74 Å². The molecule has 0 aliphatic carbocycles. The molecule has 0 unspecified atom stereocenters. The Labute approximate surface area is 140 Å². The Kier molecular flexibility index (Phi) is 3.64. The number of benzene rings is 1. The number of ether oxygens (including phenoxy) is 1. The Morgan fingerprint density at radius 2 is 2.00 bits per heavy atom. The summed E-state index contributed by atoms with van der Waals surface area (Å²) in [6.45, 7) is 0. The lowest BCUT2D eigenvalue weighted by molar-refractivity contribution is 0.414. The standard InChI is InChI=1S/C16H12N4OS2/c1-21-12-6-3-2-5-11(12)8-9-14-19-20-15(13-7-4-10-22-13)17-18-16(20)23-14/h2-10H,1H3/b9-8-. The number of nitrogens with zero attached hydrogens (tertiary/aromatic N) is 4. The molecule has 0 aliphatic rings.